The van der Waals surface area contributed by atoms with E-state index in [2.05, 4.69) is 15.3 Å². The molecule has 3 rings (SSSR count). The topological polar surface area (TPSA) is 67.0 Å². The molecule has 0 unspecified atom stereocenters. The van der Waals surface area contributed by atoms with Gasteiger partial charge in [0.15, 0.2) is 0 Å². The zero-order valence-electron chi connectivity index (χ0n) is 10.9. The summed E-state index contributed by atoms with van der Waals surface area (Å²) in [6.07, 6.45) is 4.83. The van der Waals surface area contributed by atoms with Crippen LogP contribution in [0.15, 0.2) is 24.5 Å². The molecule has 1 aliphatic rings. The zero-order chi connectivity index (χ0) is 13.3. The number of carbonyl (C=O) groups is 1. The van der Waals surface area contributed by atoms with Gasteiger partial charge in [0.05, 0.1) is 23.0 Å². The van der Waals surface area contributed by atoms with Crippen molar-refractivity contribution in [3.63, 3.8) is 0 Å². The number of hydrogen-bond acceptors (Lipinski definition) is 3. The highest BCUT2D eigenvalue weighted by Gasteiger charge is 2.37. The fourth-order valence-electron chi connectivity index (χ4n) is 2.44. The largest absolute Gasteiger partial charge is 0.376 e. The van der Waals surface area contributed by atoms with Crippen molar-refractivity contribution in [2.45, 2.75) is 24.9 Å². The van der Waals surface area contributed by atoms with Crippen molar-refractivity contribution in [2.24, 2.45) is 0 Å². The van der Waals surface area contributed by atoms with Crippen LogP contribution in [0, 0.1) is 0 Å². The number of aromatic amines is 1. The summed E-state index contributed by atoms with van der Waals surface area (Å²) in [5.74, 6) is -0.0696. The second-order valence-corrected chi connectivity index (χ2v) is 5.06. The third kappa shape index (κ3) is 2.21. The smallest absolute Gasteiger partial charge is 0.251 e. The third-order valence-corrected chi connectivity index (χ3v) is 3.95. The molecule has 0 radical (unpaired) electrons. The van der Waals surface area contributed by atoms with Crippen LogP contribution in [0.2, 0.25) is 0 Å². The van der Waals surface area contributed by atoms with Gasteiger partial charge in [-0.2, -0.15) is 0 Å². The van der Waals surface area contributed by atoms with Gasteiger partial charge in [-0.25, -0.2) is 4.98 Å². The molecule has 0 atom stereocenters. The number of nitrogens with one attached hydrogen (secondary N) is 2. The van der Waals surface area contributed by atoms with E-state index >= 15 is 0 Å². The highest BCUT2D eigenvalue weighted by Crippen LogP contribution is 2.34. The first-order valence-electron chi connectivity index (χ1n) is 6.49. The van der Waals surface area contributed by atoms with Crippen LogP contribution in [-0.4, -0.2) is 35.1 Å². The molecule has 1 aromatic carbocycles. The molecule has 2 N–H and O–H groups in total. The molecule has 1 aromatic heterocycles. The maximum Gasteiger partial charge on any atom is 0.251 e. The number of hydrogen-bond donors (Lipinski definition) is 2. The number of imidazole rings is 1. The molecule has 2 aromatic rings. The number of rotatable bonds is 4. The molecular weight excluding hydrogens is 242 g/mol. The van der Waals surface area contributed by atoms with Crippen LogP contribution in [0.3, 0.4) is 0 Å². The van der Waals surface area contributed by atoms with E-state index in [1.54, 1.807) is 19.5 Å². The van der Waals surface area contributed by atoms with Crippen LogP contribution in [0.4, 0.5) is 0 Å². The van der Waals surface area contributed by atoms with E-state index in [4.69, 9.17) is 4.74 Å². The van der Waals surface area contributed by atoms with Crippen LogP contribution in [0.25, 0.3) is 11.0 Å². The Morgan fingerprint density at radius 3 is 3.05 bits per heavy atom. The molecule has 0 saturated heterocycles. The van der Waals surface area contributed by atoms with E-state index in [-0.39, 0.29) is 11.5 Å². The third-order valence-electron chi connectivity index (χ3n) is 3.95. The molecule has 1 heterocycles. The van der Waals surface area contributed by atoms with Gasteiger partial charge in [0.2, 0.25) is 0 Å². The summed E-state index contributed by atoms with van der Waals surface area (Å²) in [4.78, 5) is 19.2. The average molecular weight is 259 g/mol. The van der Waals surface area contributed by atoms with Crippen LogP contribution >= 0.6 is 0 Å². The maximum atomic E-state index is 12.1. The minimum atomic E-state index is -0.145. The highest BCUT2D eigenvalue weighted by atomic mass is 16.5. The molecule has 1 fully saturated rings. The Morgan fingerprint density at radius 2 is 2.37 bits per heavy atom. The predicted octanol–water partition coefficient (Wildman–Crippen LogP) is 1.86. The SMILES string of the molecule is COC1(CNC(=O)c2ccc3nc[nH]c3c2)CCC1. The number of ether oxygens (including phenoxy) is 1. The Bertz CT molecular complexity index is 596. The molecule has 0 spiro atoms. The normalized spacial score (nSPS) is 17.1. The number of fused-ring (bicyclic) bond motifs is 1. The summed E-state index contributed by atoms with van der Waals surface area (Å²) in [6.45, 7) is 0.573. The fraction of sp³-hybridized carbons (Fsp3) is 0.429. The number of nitrogens with zero attached hydrogens (tertiary/aromatic N) is 1. The maximum absolute atomic E-state index is 12.1. The van der Waals surface area contributed by atoms with Gasteiger partial charge in [-0.15, -0.1) is 0 Å². The Balaban J connectivity index is 1.69. The average Bonchev–Trinajstić information content (AvgIpc) is 2.84. The first-order chi connectivity index (χ1) is 9.22. The van der Waals surface area contributed by atoms with E-state index in [1.807, 2.05) is 12.1 Å². The van der Waals surface area contributed by atoms with Crippen molar-refractivity contribution >= 4 is 16.9 Å². The van der Waals surface area contributed by atoms with Crippen molar-refractivity contribution in [1.29, 1.82) is 0 Å². The van der Waals surface area contributed by atoms with Gasteiger partial charge in [-0.05, 0) is 37.5 Å². The number of benzene rings is 1. The van der Waals surface area contributed by atoms with Crippen LogP contribution in [0.5, 0.6) is 0 Å². The van der Waals surface area contributed by atoms with Gasteiger partial charge in [-0.3, -0.25) is 4.79 Å². The lowest BCUT2D eigenvalue weighted by molar-refractivity contribution is -0.0679. The minimum absolute atomic E-state index is 0.0696. The highest BCUT2D eigenvalue weighted by molar-refractivity contribution is 5.97. The van der Waals surface area contributed by atoms with E-state index in [0.717, 1.165) is 23.9 Å². The molecule has 0 bridgehead atoms. The second kappa shape index (κ2) is 4.66. The molecule has 1 aliphatic carbocycles. The van der Waals surface area contributed by atoms with Crippen molar-refractivity contribution in [3.8, 4) is 0 Å². The van der Waals surface area contributed by atoms with Crippen molar-refractivity contribution in [1.82, 2.24) is 15.3 Å². The number of amides is 1. The molecular formula is C14H17N3O2. The van der Waals surface area contributed by atoms with Crippen molar-refractivity contribution in [2.75, 3.05) is 13.7 Å². The lowest BCUT2D eigenvalue weighted by atomic mass is 9.80. The fourth-order valence-corrected chi connectivity index (χ4v) is 2.44. The first-order valence-corrected chi connectivity index (χ1v) is 6.49. The van der Waals surface area contributed by atoms with Gasteiger partial charge in [0.25, 0.3) is 5.91 Å². The summed E-state index contributed by atoms with van der Waals surface area (Å²) in [7, 11) is 1.71. The zero-order valence-corrected chi connectivity index (χ0v) is 10.9. The summed E-state index contributed by atoms with van der Waals surface area (Å²) in [6, 6.07) is 5.45. The summed E-state index contributed by atoms with van der Waals surface area (Å²) >= 11 is 0. The molecule has 5 heteroatoms. The van der Waals surface area contributed by atoms with E-state index in [9.17, 15) is 4.79 Å². The number of carbonyl (C=O) groups excluding carboxylic acids is 1. The van der Waals surface area contributed by atoms with Crippen molar-refractivity contribution < 1.29 is 9.53 Å². The van der Waals surface area contributed by atoms with E-state index < -0.39 is 0 Å². The van der Waals surface area contributed by atoms with Crippen LogP contribution < -0.4 is 5.32 Å². The molecule has 1 amide bonds. The van der Waals surface area contributed by atoms with Gasteiger partial charge < -0.3 is 15.0 Å². The van der Waals surface area contributed by atoms with Gasteiger partial charge in [0, 0.05) is 19.2 Å². The summed E-state index contributed by atoms with van der Waals surface area (Å²) < 4.78 is 5.49. The standard InChI is InChI=1S/C14H17N3O2/c1-19-14(5-2-6-14)8-15-13(18)10-3-4-11-12(7-10)17-9-16-11/h3-4,7,9H,2,5-6,8H2,1H3,(H,15,18)(H,16,17). The number of H-pyrrole nitrogens is 1. The lowest BCUT2D eigenvalue weighted by Crippen LogP contribution is -2.49. The first kappa shape index (κ1) is 12.2. The van der Waals surface area contributed by atoms with Gasteiger partial charge in [-0.1, -0.05) is 0 Å². The molecule has 1 saturated carbocycles. The molecule has 5 nitrogen and oxygen atoms in total. The Kier molecular flexibility index (Phi) is 2.98. The minimum Gasteiger partial charge on any atom is -0.376 e. The molecule has 100 valence electrons. The molecule has 0 aliphatic heterocycles. The summed E-state index contributed by atoms with van der Waals surface area (Å²) in [5.41, 5.74) is 2.23. The second-order valence-electron chi connectivity index (χ2n) is 5.06. The van der Waals surface area contributed by atoms with E-state index in [0.29, 0.717) is 12.1 Å². The number of methoxy groups -OCH3 is 1. The molecule has 19 heavy (non-hydrogen) atoms. The quantitative estimate of drug-likeness (QED) is 0.880. The van der Waals surface area contributed by atoms with E-state index in [1.165, 1.54) is 6.42 Å². The lowest BCUT2D eigenvalue weighted by Gasteiger charge is -2.40. The van der Waals surface area contributed by atoms with Crippen LogP contribution in [-0.2, 0) is 4.74 Å². The summed E-state index contributed by atoms with van der Waals surface area (Å²) in [5, 5.41) is 2.95. The monoisotopic (exact) mass is 259 g/mol. The van der Waals surface area contributed by atoms with Gasteiger partial charge in [0.1, 0.15) is 0 Å². The van der Waals surface area contributed by atoms with Crippen LogP contribution in [0.1, 0.15) is 29.6 Å². The Hall–Kier alpha value is -1.88. The van der Waals surface area contributed by atoms with Gasteiger partial charge >= 0.3 is 0 Å². The predicted molar refractivity (Wildman–Crippen MR) is 72.0 cm³/mol. The Morgan fingerprint density at radius 1 is 1.53 bits per heavy atom. The van der Waals surface area contributed by atoms with Crippen molar-refractivity contribution in [3.05, 3.63) is 30.1 Å². The number of aromatic nitrogens is 2. The Labute approximate surface area is 111 Å².